The van der Waals surface area contributed by atoms with Crippen LogP contribution in [0.25, 0.3) is 0 Å². The molecule has 0 spiro atoms. The lowest BCUT2D eigenvalue weighted by Crippen LogP contribution is -2.50. The molecule has 6 nitrogen and oxygen atoms in total. The summed E-state index contributed by atoms with van der Waals surface area (Å²) in [6.45, 7) is 8.43. The molecule has 0 saturated heterocycles. The van der Waals surface area contributed by atoms with Gasteiger partial charge in [0.2, 0.25) is 12.3 Å². The second-order valence-electron chi connectivity index (χ2n) is 12.4. The van der Waals surface area contributed by atoms with Gasteiger partial charge in [0.1, 0.15) is 6.04 Å². The van der Waals surface area contributed by atoms with E-state index in [2.05, 4.69) is 30.5 Å². The van der Waals surface area contributed by atoms with Crippen molar-refractivity contribution in [1.29, 1.82) is 0 Å². The Bertz CT molecular complexity index is 943. The lowest BCUT2D eigenvalue weighted by molar-refractivity contribution is -0.129. The van der Waals surface area contributed by atoms with E-state index in [0.29, 0.717) is 30.5 Å². The lowest BCUT2D eigenvalue weighted by Gasteiger charge is -2.47. The molecule has 0 radical (unpaired) electrons. The molecule has 1 aliphatic heterocycles. The number of aryl methyl sites for hydroxylation is 1. The van der Waals surface area contributed by atoms with Crippen LogP contribution >= 0.6 is 0 Å². The number of carbonyl (C=O) groups is 3. The van der Waals surface area contributed by atoms with Gasteiger partial charge in [-0.1, -0.05) is 45.2 Å². The van der Waals surface area contributed by atoms with Gasteiger partial charge >= 0.3 is 0 Å². The van der Waals surface area contributed by atoms with Gasteiger partial charge in [-0.3, -0.25) is 19.7 Å². The third-order valence-corrected chi connectivity index (χ3v) is 9.08. The van der Waals surface area contributed by atoms with Gasteiger partial charge in [-0.05, 0) is 106 Å². The fraction of sp³-hybridized carbons (Fsp3) is 0.710. The van der Waals surface area contributed by atoms with Gasteiger partial charge in [0, 0.05) is 17.6 Å². The van der Waals surface area contributed by atoms with Crippen LogP contribution in [-0.4, -0.2) is 41.2 Å². The summed E-state index contributed by atoms with van der Waals surface area (Å²) in [7, 11) is 0. The Labute approximate surface area is 223 Å². The number of nitrogens with one attached hydrogen (secondary N) is 2. The third kappa shape index (κ3) is 6.81. The lowest BCUT2D eigenvalue weighted by atomic mass is 9.62. The van der Waals surface area contributed by atoms with Gasteiger partial charge in [-0.2, -0.15) is 0 Å². The van der Waals surface area contributed by atoms with E-state index in [9.17, 15) is 14.4 Å². The number of rotatable bonds is 13. The molecule has 3 unspecified atom stereocenters. The zero-order chi connectivity index (χ0) is 26.4. The zero-order valence-electron chi connectivity index (χ0n) is 23.2. The fourth-order valence-corrected chi connectivity index (χ4v) is 7.68. The highest BCUT2D eigenvalue weighted by Crippen LogP contribution is 2.46. The Morgan fingerprint density at radius 1 is 1.14 bits per heavy atom. The molecule has 2 saturated carbocycles. The van der Waals surface area contributed by atoms with Crippen molar-refractivity contribution in [3.05, 3.63) is 34.9 Å². The van der Waals surface area contributed by atoms with Crippen LogP contribution in [-0.2, 0) is 22.6 Å². The zero-order valence-corrected chi connectivity index (χ0v) is 23.2. The largest absolute Gasteiger partial charge is 0.322 e. The van der Waals surface area contributed by atoms with E-state index in [1.54, 1.807) is 4.90 Å². The Kier molecular flexibility index (Phi) is 9.44. The standard InChI is InChI=1S/C31H47N3O3/c1-4-10-28(29(36)32-21-35)34-20-27-25(12-9-13-26(27)30(34)37)11-7-5-6-8-14-33-31(3)18-23-15-22(2)16-24(17-23)19-31/h9,12-13,21-24,28,33H,4-8,10-11,14-20H2,1-3H3,(H,32,35,36). The van der Waals surface area contributed by atoms with Crippen molar-refractivity contribution in [2.24, 2.45) is 17.8 Å². The van der Waals surface area contributed by atoms with Crippen molar-refractivity contribution >= 4 is 18.2 Å². The first-order valence-electron chi connectivity index (χ1n) is 14.7. The first-order chi connectivity index (χ1) is 17.8. The maximum Gasteiger partial charge on any atom is 0.255 e. The number of unbranched alkanes of at least 4 members (excludes halogenated alkanes) is 3. The molecular formula is C31H47N3O3. The topological polar surface area (TPSA) is 78.5 Å². The molecular weight excluding hydrogens is 462 g/mol. The van der Waals surface area contributed by atoms with Crippen LogP contribution in [0.5, 0.6) is 0 Å². The fourth-order valence-electron chi connectivity index (χ4n) is 7.68. The quantitative estimate of drug-likeness (QED) is 0.276. The highest BCUT2D eigenvalue weighted by molar-refractivity contribution is 6.02. The van der Waals surface area contributed by atoms with Crippen molar-refractivity contribution in [3.63, 3.8) is 0 Å². The number of hydrogen-bond acceptors (Lipinski definition) is 4. The van der Waals surface area contributed by atoms with Crippen LogP contribution in [0.3, 0.4) is 0 Å². The number of amides is 3. The number of imide groups is 1. The van der Waals surface area contributed by atoms with Crippen molar-refractivity contribution in [2.75, 3.05) is 6.54 Å². The van der Waals surface area contributed by atoms with E-state index in [0.717, 1.165) is 49.1 Å². The molecule has 4 rings (SSSR count). The molecule has 0 aromatic heterocycles. The second kappa shape index (κ2) is 12.6. The van der Waals surface area contributed by atoms with E-state index in [1.807, 2.05) is 19.1 Å². The van der Waals surface area contributed by atoms with Crippen molar-refractivity contribution in [1.82, 2.24) is 15.5 Å². The predicted octanol–water partition coefficient (Wildman–Crippen LogP) is 5.38. The summed E-state index contributed by atoms with van der Waals surface area (Å²) < 4.78 is 0. The second-order valence-corrected chi connectivity index (χ2v) is 12.4. The number of carbonyl (C=O) groups excluding carboxylic acids is 3. The van der Waals surface area contributed by atoms with Gasteiger partial charge in [-0.25, -0.2) is 0 Å². The molecule has 1 aromatic carbocycles. The molecule has 2 N–H and O–H groups in total. The summed E-state index contributed by atoms with van der Waals surface area (Å²) in [4.78, 5) is 38.0. The number of fused-ring (bicyclic) bond motifs is 3. The summed E-state index contributed by atoms with van der Waals surface area (Å²) in [6, 6.07) is 5.35. The van der Waals surface area contributed by atoms with Gasteiger partial charge in [0.15, 0.2) is 0 Å². The number of hydrogen-bond donors (Lipinski definition) is 2. The van der Waals surface area contributed by atoms with Gasteiger partial charge in [-0.15, -0.1) is 0 Å². The summed E-state index contributed by atoms with van der Waals surface area (Å²) >= 11 is 0. The minimum atomic E-state index is -0.607. The maximum atomic E-state index is 13.1. The smallest absolute Gasteiger partial charge is 0.255 e. The molecule has 1 heterocycles. The van der Waals surface area contributed by atoms with E-state index >= 15 is 0 Å². The summed E-state index contributed by atoms with van der Waals surface area (Å²) in [6.07, 6.45) is 14.4. The number of benzene rings is 1. The van der Waals surface area contributed by atoms with Crippen LogP contribution in [0.2, 0.25) is 0 Å². The molecule has 1 aromatic rings. The first kappa shape index (κ1) is 27.8. The van der Waals surface area contributed by atoms with Crippen molar-refractivity contribution in [3.8, 4) is 0 Å². The highest BCUT2D eigenvalue weighted by atomic mass is 16.2. The minimum absolute atomic E-state index is 0.0998. The monoisotopic (exact) mass is 509 g/mol. The molecule has 3 amide bonds. The van der Waals surface area contributed by atoms with Gasteiger partial charge in [0.25, 0.3) is 5.91 Å². The summed E-state index contributed by atoms with van der Waals surface area (Å²) in [5, 5.41) is 6.18. The van der Waals surface area contributed by atoms with Crippen LogP contribution in [0.1, 0.15) is 113 Å². The number of nitrogens with zero attached hydrogens (tertiary/aromatic N) is 1. The van der Waals surface area contributed by atoms with E-state index < -0.39 is 11.9 Å². The van der Waals surface area contributed by atoms with Crippen LogP contribution in [0.4, 0.5) is 0 Å². The van der Waals surface area contributed by atoms with Crippen molar-refractivity contribution < 1.29 is 14.4 Å². The van der Waals surface area contributed by atoms with Crippen LogP contribution in [0, 0.1) is 17.8 Å². The average Bonchev–Trinajstić information content (AvgIpc) is 3.18. The summed E-state index contributed by atoms with van der Waals surface area (Å²) in [5.74, 6) is 2.27. The Balaban J connectivity index is 1.21. The molecule has 204 valence electrons. The van der Waals surface area contributed by atoms with E-state index in [4.69, 9.17) is 0 Å². The molecule has 2 bridgehead atoms. The molecule has 3 aliphatic rings. The van der Waals surface area contributed by atoms with Crippen LogP contribution in [0.15, 0.2) is 18.2 Å². The first-order valence-corrected chi connectivity index (χ1v) is 14.7. The summed E-state index contributed by atoms with van der Waals surface area (Å²) in [5.41, 5.74) is 3.31. The van der Waals surface area contributed by atoms with Crippen LogP contribution < -0.4 is 10.6 Å². The Morgan fingerprint density at radius 2 is 1.86 bits per heavy atom. The predicted molar refractivity (Wildman–Crippen MR) is 147 cm³/mol. The molecule has 37 heavy (non-hydrogen) atoms. The van der Waals surface area contributed by atoms with Crippen molar-refractivity contribution in [2.45, 2.75) is 116 Å². The third-order valence-electron chi connectivity index (χ3n) is 9.08. The molecule has 2 fully saturated rings. The molecule has 3 atom stereocenters. The normalized spacial score (nSPS) is 27.6. The molecule has 2 aliphatic carbocycles. The maximum absolute atomic E-state index is 13.1. The van der Waals surface area contributed by atoms with Gasteiger partial charge < -0.3 is 10.2 Å². The Morgan fingerprint density at radius 3 is 2.57 bits per heavy atom. The minimum Gasteiger partial charge on any atom is -0.322 e. The SMILES string of the molecule is CCCC(C(=O)NC=O)N1Cc2c(CCCCCCNC3(C)CC4CC(C)CC(C4)C3)cccc2C1=O. The van der Waals surface area contributed by atoms with Gasteiger partial charge in [0.05, 0.1) is 0 Å². The van der Waals surface area contributed by atoms with E-state index in [-0.39, 0.29) is 5.91 Å². The molecule has 6 heteroatoms. The average molecular weight is 510 g/mol. The van der Waals surface area contributed by atoms with E-state index in [1.165, 1.54) is 56.9 Å². The Hall–Kier alpha value is -2.21. The highest BCUT2D eigenvalue weighted by Gasteiger charge is 2.40.